The van der Waals surface area contributed by atoms with Crippen molar-refractivity contribution in [1.29, 1.82) is 0 Å². The van der Waals surface area contributed by atoms with E-state index in [-0.39, 0.29) is 5.41 Å². The van der Waals surface area contributed by atoms with Crippen LogP contribution >= 0.6 is 11.6 Å². The lowest BCUT2D eigenvalue weighted by atomic mass is 9.57. The van der Waals surface area contributed by atoms with Crippen LogP contribution in [0.5, 0.6) is 0 Å². The molecule has 1 aliphatic rings. The van der Waals surface area contributed by atoms with E-state index in [4.69, 9.17) is 17.3 Å². The van der Waals surface area contributed by atoms with Crippen molar-refractivity contribution in [3.8, 4) is 0 Å². The molecule has 0 saturated heterocycles. The number of rotatable bonds is 2. The van der Waals surface area contributed by atoms with Gasteiger partial charge < -0.3 is 10.8 Å². The fourth-order valence-corrected chi connectivity index (χ4v) is 3.08. The zero-order chi connectivity index (χ0) is 11.1. The van der Waals surface area contributed by atoms with E-state index in [1.54, 1.807) is 0 Å². The highest BCUT2D eigenvalue weighted by Gasteiger charge is 2.51. The number of nitrogens with two attached hydrogens (primary N) is 1. The molecule has 0 unspecified atom stereocenters. The Morgan fingerprint density at radius 1 is 1.40 bits per heavy atom. The van der Waals surface area contributed by atoms with Crippen LogP contribution in [-0.2, 0) is 5.41 Å². The average molecular weight is 226 g/mol. The maximum Gasteiger partial charge on any atom is 0.0637 e. The summed E-state index contributed by atoms with van der Waals surface area (Å²) in [6.07, 6.45) is 1.39. The Labute approximate surface area is 95.1 Å². The summed E-state index contributed by atoms with van der Waals surface area (Å²) in [6.45, 7) is 2.38. The molecule has 0 atom stereocenters. The zero-order valence-electron chi connectivity index (χ0n) is 8.83. The third-order valence-electron chi connectivity index (χ3n) is 3.27. The molecule has 0 spiro atoms. The van der Waals surface area contributed by atoms with Gasteiger partial charge in [0.2, 0.25) is 0 Å². The summed E-state index contributed by atoms with van der Waals surface area (Å²) < 4.78 is 0. The van der Waals surface area contributed by atoms with E-state index in [9.17, 15) is 5.11 Å². The van der Waals surface area contributed by atoms with Crippen LogP contribution < -0.4 is 5.73 Å². The van der Waals surface area contributed by atoms with Crippen LogP contribution in [-0.4, -0.2) is 17.3 Å². The molecular weight excluding hydrogens is 210 g/mol. The Balaban J connectivity index is 2.34. The summed E-state index contributed by atoms with van der Waals surface area (Å²) in [6, 6.07) is 7.75. The van der Waals surface area contributed by atoms with E-state index in [1.165, 1.54) is 0 Å². The van der Waals surface area contributed by atoms with Crippen LogP contribution in [0.4, 0.5) is 0 Å². The minimum absolute atomic E-state index is 0.123. The van der Waals surface area contributed by atoms with Gasteiger partial charge >= 0.3 is 0 Å². The number of hydrogen-bond acceptors (Lipinski definition) is 2. The van der Waals surface area contributed by atoms with Crippen molar-refractivity contribution < 1.29 is 5.11 Å². The van der Waals surface area contributed by atoms with Gasteiger partial charge in [-0.2, -0.15) is 0 Å². The van der Waals surface area contributed by atoms with Gasteiger partial charge in [0, 0.05) is 17.0 Å². The third kappa shape index (κ3) is 1.78. The number of hydrogen-bond donors (Lipinski definition) is 2. The summed E-state index contributed by atoms with van der Waals surface area (Å²) in [7, 11) is 0. The van der Waals surface area contributed by atoms with Gasteiger partial charge in [-0.3, -0.25) is 0 Å². The Morgan fingerprint density at radius 3 is 2.47 bits per heavy atom. The quantitative estimate of drug-likeness (QED) is 0.810. The first kappa shape index (κ1) is 10.9. The largest absolute Gasteiger partial charge is 0.390 e. The summed E-state index contributed by atoms with van der Waals surface area (Å²) in [5.41, 5.74) is 6.18. The molecule has 0 radical (unpaired) electrons. The molecule has 1 aromatic carbocycles. The van der Waals surface area contributed by atoms with Gasteiger partial charge in [0.05, 0.1) is 5.60 Å². The monoisotopic (exact) mass is 225 g/mol. The predicted octanol–water partition coefficient (Wildman–Crippen LogP) is 2.08. The van der Waals surface area contributed by atoms with Crippen molar-refractivity contribution in [3.05, 3.63) is 34.9 Å². The first-order chi connectivity index (χ1) is 6.99. The molecule has 0 heterocycles. The molecule has 0 amide bonds. The first-order valence-corrected chi connectivity index (χ1v) is 5.54. The smallest absolute Gasteiger partial charge is 0.0637 e. The molecular formula is C12H16ClNO. The number of aliphatic hydroxyl groups is 1. The molecule has 0 bridgehead atoms. The van der Waals surface area contributed by atoms with Gasteiger partial charge in [0.25, 0.3) is 0 Å². The summed E-state index contributed by atoms with van der Waals surface area (Å²) in [4.78, 5) is 0. The van der Waals surface area contributed by atoms with Crippen LogP contribution in [0.25, 0.3) is 0 Å². The van der Waals surface area contributed by atoms with Crippen LogP contribution in [0.3, 0.4) is 0 Å². The van der Waals surface area contributed by atoms with E-state index < -0.39 is 5.60 Å². The maximum absolute atomic E-state index is 9.83. The number of benzene rings is 1. The Hall–Kier alpha value is -0.570. The molecule has 2 rings (SSSR count). The van der Waals surface area contributed by atoms with E-state index >= 15 is 0 Å². The van der Waals surface area contributed by atoms with Gasteiger partial charge in [-0.15, -0.1) is 0 Å². The molecule has 2 nitrogen and oxygen atoms in total. The minimum Gasteiger partial charge on any atom is -0.390 e. The fourth-order valence-electron chi connectivity index (χ4n) is 2.74. The van der Waals surface area contributed by atoms with Crippen LogP contribution in [0.1, 0.15) is 25.3 Å². The maximum atomic E-state index is 9.83. The van der Waals surface area contributed by atoms with Gasteiger partial charge in [-0.1, -0.05) is 29.8 Å². The molecule has 1 aliphatic carbocycles. The molecule has 15 heavy (non-hydrogen) atoms. The lowest BCUT2D eigenvalue weighted by molar-refractivity contribution is -0.0725. The van der Waals surface area contributed by atoms with E-state index in [0.29, 0.717) is 19.4 Å². The molecule has 0 aromatic heterocycles. The SMILES string of the molecule is CC1(O)CC(CN)(c2ccccc2Cl)C1. The lowest BCUT2D eigenvalue weighted by Gasteiger charge is -2.52. The van der Waals surface area contributed by atoms with Gasteiger partial charge in [0.1, 0.15) is 0 Å². The summed E-state index contributed by atoms with van der Waals surface area (Å²) >= 11 is 6.16. The summed E-state index contributed by atoms with van der Waals surface area (Å²) in [5.74, 6) is 0. The first-order valence-electron chi connectivity index (χ1n) is 5.17. The van der Waals surface area contributed by atoms with Gasteiger partial charge in [-0.25, -0.2) is 0 Å². The fraction of sp³-hybridized carbons (Fsp3) is 0.500. The van der Waals surface area contributed by atoms with Crippen LogP contribution in [0.2, 0.25) is 5.02 Å². The second-order valence-electron chi connectivity index (χ2n) is 4.81. The van der Waals surface area contributed by atoms with Crippen molar-refractivity contribution >= 4 is 11.6 Å². The van der Waals surface area contributed by atoms with Crippen LogP contribution in [0.15, 0.2) is 24.3 Å². The molecule has 3 N–H and O–H groups in total. The lowest BCUT2D eigenvalue weighted by Crippen LogP contribution is -2.56. The highest BCUT2D eigenvalue weighted by Crippen LogP contribution is 2.51. The van der Waals surface area contributed by atoms with Crippen molar-refractivity contribution in [2.45, 2.75) is 30.8 Å². The Morgan fingerprint density at radius 2 is 2.00 bits per heavy atom. The second kappa shape index (κ2) is 3.48. The number of halogens is 1. The summed E-state index contributed by atoms with van der Waals surface area (Å²) in [5, 5.41) is 10.6. The van der Waals surface area contributed by atoms with Crippen molar-refractivity contribution in [1.82, 2.24) is 0 Å². The van der Waals surface area contributed by atoms with E-state index in [2.05, 4.69) is 0 Å². The second-order valence-corrected chi connectivity index (χ2v) is 5.22. The molecule has 1 aromatic rings. The predicted molar refractivity (Wildman–Crippen MR) is 62.0 cm³/mol. The van der Waals surface area contributed by atoms with Crippen molar-refractivity contribution in [2.24, 2.45) is 5.73 Å². The van der Waals surface area contributed by atoms with Crippen molar-refractivity contribution in [3.63, 3.8) is 0 Å². The molecule has 82 valence electrons. The van der Waals surface area contributed by atoms with Crippen molar-refractivity contribution in [2.75, 3.05) is 6.54 Å². The Bertz CT molecular complexity index is 368. The Kier molecular flexibility index (Phi) is 2.53. The molecule has 3 heteroatoms. The van der Waals surface area contributed by atoms with E-state index in [0.717, 1.165) is 10.6 Å². The third-order valence-corrected chi connectivity index (χ3v) is 3.60. The van der Waals surface area contributed by atoms with Gasteiger partial charge in [0.15, 0.2) is 0 Å². The normalized spacial score (nSPS) is 34.9. The van der Waals surface area contributed by atoms with Crippen LogP contribution in [0, 0.1) is 0 Å². The molecule has 1 saturated carbocycles. The standard InChI is InChI=1S/C12H16ClNO/c1-11(15)6-12(7-11,8-14)9-4-2-3-5-10(9)13/h2-5,15H,6-8,14H2,1H3. The zero-order valence-corrected chi connectivity index (χ0v) is 9.59. The highest BCUT2D eigenvalue weighted by atomic mass is 35.5. The highest BCUT2D eigenvalue weighted by molar-refractivity contribution is 6.31. The molecule has 1 fully saturated rings. The topological polar surface area (TPSA) is 46.2 Å². The van der Waals surface area contributed by atoms with Gasteiger partial charge in [-0.05, 0) is 31.4 Å². The minimum atomic E-state index is -0.585. The molecule has 0 aliphatic heterocycles. The average Bonchev–Trinajstić information content (AvgIpc) is 2.14. The van der Waals surface area contributed by atoms with E-state index in [1.807, 2.05) is 31.2 Å².